The fraction of sp³-hybridized carbons (Fsp3) is 0.450. The van der Waals surface area contributed by atoms with E-state index in [-0.39, 0.29) is 30.1 Å². The van der Waals surface area contributed by atoms with Gasteiger partial charge in [-0.1, -0.05) is 32.6 Å². The van der Waals surface area contributed by atoms with Gasteiger partial charge in [0.25, 0.3) is 0 Å². The molecule has 1 aromatic carbocycles. The Kier molecular flexibility index (Phi) is 7.55. The van der Waals surface area contributed by atoms with Gasteiger partial charge in [-0.2, -0.15) is 0 Å². The number of anilines is 1. The highest BCUT2D eigenvalue weighted by Crippen LogP contribution is 2.13. The van der Waals surface area contributed by atoms with Gasteiger partial charge in [0.15, 0.2) is 0 Å². The molecular weight excluding hydrogens is 346 g/mol. The van der Waals surface area contributed by atoms with Crippen LogP contribution in [-0.2, 0) is 25.5 Å². The molecule has 3 amide bonds. The van der Waals surface area contributed by atoms with Crippen molar-refractivity contribution in [2.45, 2.75) is 26.3 Å². The van der Waals surface area contributed by atoms with E-state index in [0.29, 0.717) is 32.0 Å². The predicted molar refractivity (Wildman–Crippen MR) is 103 cm³/mol. The normalized spacial score (nSPS) is 15.1. The summed E-state index contributed by atoms with van der Waals surface area (Å²) in [4.78, 5) is 38.4. The van der Waals surface area contributed by atoms with Crippen molar-refractivity contribution in [3.8, 4) is 0 Å². The number of benzene rings is 1. The molecule has 1 heterocycles. The number of nitrogens with one attached hydrogen (secondary N) is 2. The second-order valence-corrected chi connectivity index (χ2v) is 6.80. The number of carbonyl (C=O) groups excluding carboxylic acids is 3. The Morgan fingerprint density at radius 2 is 1.96 bits per heavy atom. The number of hydrogen-bond donors (Lipinski definition) is 2. The maximum atomic E-state index is 12.7. The highest BCUT2D eigenvalue weighted by molar-refractivity contribution is 5.99. The minimum absolute atomic E-state index is 0.0255. The van der Waals surface area contributed by atoms with Crippen LogP contribution in [0.4, 0.5) is 5.69 Å². The van der Waals surface area contributed by atoms with Gasteiger partial charge >= 0.3 is 0 Å². The molecule has 1 saturated heterocycles. The van der Waals surface area contributed by atoms with Crippen molar-refractivity contribution in [2.75, 3.05) is 31.6 Å². The standard InChI is InChI=1S/C20H27N3O4/c1-4-17(24)21-16-7-5-6-15(12-16)13-18(25)22-19(14(2)3)20(26)23-8-10-27-11-9-23/h4-7,12,14,19H,1,8-11,13H2,2-3H3,(H,21,24)(H,22,25). The van der Waals surface area contributed by atoms with Crippen molar-refractivity contribution in [3.63, 3.8) is 0 Å². The van der Waals surface area contributed by atoms with E-state index in [2.05, 4.69) is 17.2 Å². The molecule has 7 nitrogen and oxygen atoms in total. The summed E-state index contributed by atoms with van der Waals surface area (Å²) in [5, 5.41) is 5.52. The second-order valence-electron chi connectivity index (χ2n) is 6.80. The zero-order chi connectivity index (χ0) is 19.8. The molecule has 1 unspecified atom stereocenters. The third kappa shape index (κ3) is 6.21. The summed E-state index contributed by atoms with van der Waals surface area (Å²) < 4.78 is 5.28. The van der Waals surface area contributed by atoms with E-state index in [1.165, 1.54) is 6.08 Å². The van der Waals surface area contributed by atoms with Crippen molar-refractivity contribution >= 4 is 23.4 Å². The maximum absolute atomic E-state index is 12.7. The Balaban J connectivity index is 1.99. The van der Waals surface area contributed by atoms with Gasteiger partial charge in [-0.25, -0.2) is 0 Å². The Morgan fingerprint density at radius 1 is 1.26 bits per heavy atom. The Bertz CT molecular complexity index is 696. The first-order valence-corrected chi connectivity index (χ1v) is 9.09. The molecule has 27 heavy (non-hydrogen) atoms. The van der Waals surface area contributed by atoms with E-state index in [1.54, 1.807) is 29.2 Å². The van der Waals surface area contributed by atoms with E-state index >= 15 is 0 Å². The van der Waals surface area contributed by atoms with Gasteiger partial charge in [-0.05, 0) is 29.7 Å². The van der Waals surface area contributed by atoms with Crippen molar-refractivity contribution in [1.82, 2.24) is 10.2 Å². The van der Waals surface area contributed by atoms with Crippen molar-refractivity contribution < 1.29 is 19.1 Å². The van der Waals surface area contributed by atoms with Gasteiger partial charge in [0.2, 0.25) is 17.7 Å². The molecule has 1 aliphatic heterocycles. The van der Waals surface area contributed by atoms with Crippen LogP contribution in [0.15, 0.2) is 36.9 Å². The molecule has 7 heteroatoms. The molecule has 1 fully saturated rings. The lowest BCUT2D eigenvalue weighted by atomic mass is 10.0. The molecule has 0 saturated carbocycles. The molecular formula is C20H27N3O4. The summed E-state index contributed by atoms with van der Waals surface area (Å²) in [6.07, 6.45) is 1.31. The molecule has 2 rings (SSSR count). The van der Waals surface area contributed by atoms with E-state index in [0.717, 1.165) is 5.56 Å². The first-order valence-electron chi connectivity index (χ1n) is 9.09. The summed E-state index contributed by atoms with van der Waals surface area (Å²) in [5.41, 5.74) is 1.34. The lowest BCUT2D eigenvalue weighted by Gasteiger charge is -2.32. The third-order valence-electron chi connectivity index (χ3n) is 4.32. The lowest BCUT2D eigenvalue weighted by Crippen LogP contribution is -2.54. The molecule has 0 aliphatic carbocycles. The molecule has 2 N–H and O–H groups in total. The molecule has 1 aliphatic rings. The first-order chi connectivity index (χ1) is 12.9. The number of nitrogens with zero attached hydrogens (tertiary/aromatic N) is 1. The Hall–Kier alpha value is -2.67. The van der Waals surface area contributed by atoms with Gasteiger partial charge in [-0.3, -0.25) is 14.4 Å². The molecule has 0 radical (unpaired) electrons. The maximum Gasteiger partial charge on any atom is 0.247 e. The lowest BCUT2D eigenvalue weighted by molar-refractivity contribution is -0.141. The van der Waals surface area contributed by atoms with E-state index in [1.807, 2.05) is 13.8 Å². The summed E-state index contributed by atoms with van der Waals surface area (Å²) >= 11 is 0. The molecule has 0 bridgehead atoms. The van der Waals surface area contributed by atoms with Crippen LogP contribution < -0.4 is 10.6 Å². The van der Waals surface area contributed by atoms with E-state index < -0.39 is 6.04 Å². The van der Waals surface area contributed by atoms with Gasteiger partial charge in [-0.15, -0.1) is 0 Å². The van der Waals surface area contributed by atoms with Crippen LogP contribution >= 0.6 is 0 Å². The zero-order valence-corrected chi connectivity index (χ0v) is 15.9. The number of carbonyl (C=O) groups is 3. The van der Waals surface area contributed by atoms with Crippen LogP contribution in [0, 0.1) is 5.92 Å². The van der Waals surface area contributed by atoms with Crippen LogP contribution in [0.3, 0.4) is 0 Å². The fourth-order valence-electron chi connectivity index (χ4n) is 2.86. The molecule has 0 spiro atoms. The van der Waals surface area contributed by atoms with E-state index in [9.17, 15) is 14.4 Å². The smallest absolute Gasteiger partial charge is 0.247 e. The number of ether oxygens (including phenoxy) is 1. The monoisotopic (exact) mass is 373 g/mol. The summed E-state index contributed by atoms with van der Waals surface area (Å²) in [6.45, 7) is 9.37. The quantitative estimate of drug-likeness (QED) is 0.707. The highest BCUT2D eigenvalue weighted by atomic mass is 16.5. The number of hydrogen-bond acceptors (Lipinski definition) is 4. The highest BCUT2D eigenvalue weighted by Gasteiger charge is 2.29. The van der Waals surface area contributed by atoms with Crippen LogP contribution in [-0.4, -0.2) is 55.0 Å². The van der Waals surface area contributed by atoms with Gasteiger partial charge in [0, 0.05) is 18.8 Å². The van der Waals surface area contributed by atoms with Gasteiger partial charge in [0.1, 0.15) is 6.04 Å². The molecule has 1 atom stereocenters. The fourth-order valence-corrected chi connectivity index (χ4v) is 2.86. The largest absolute Gasteiger partial charge is 0.378 e. The van der Waals surface area contributed by atoms with E-state index in [4.69, 9.17) is 4.74 Å². The zero-order valence-electron chi connectivity index (χ0n) is 15.9. The van der Waals surface area contributed by atoms with Crippen LogP contribution in [0.5, 0.6) is 0 Å². The average molecular weight is 373 g/mol. The van der Waals surface area contributed by atoms with Crippen LogP contribution in [0.2, 0.25) is 0 Å². The number of amides is 3. The van der Waals surface area contributed by atoms with Gasteiger partial charge in [0.05, 0.1) is 19.6 Å². The average Bonchev–Trinajstić information content (AvgIpc) is 2.66. The van der Waals surface area contributed by atoms with Crippen molar-refractivity contribution in [1.29, 1.82) is 0 Å². The predicted octanol–water partition coefficient (Wildman–Crippen LogP) is 1.35. The minimum atomic E-state index is -0.570. The molecule has 1 aromatic rings. The molecule has 146 valence electrons. The second kappa shape index (κ2) is 9.87. The Morgan fingerprint density at radius 3 is 2.59 bits per heavy atom. The Labute approximate surface area is 159 Å². The number of morpholine rings is 1. The van der Waals surface area contributed by atoms with Crippen molar-refractivity contribution in [3.05, 3.63) is 42.5 Å². The van der Waals surface area contributed by atoms with Crippen molar-refractivity contribution in [2.24, 2.45) is 5.92 Å². The number of rotatable bonds is 7. The summed E-state index contributed by atoms with van der Waals surface area (Å²) in [6, 6.07) is 6.47. The first kappa shape index (κ1) is 20.6. The molecule has 0 aromatic heterocycles. The topological polar surface area (TPSA) is 87.7 Å². The van der Waals surface area contributed by atoms with Crippen LogP contribution in [0.1, 0.15) is 19.4 Å². The van der Waals surface area contributed by atoms with Gasteiger partial charge < -0.3 is 20.3 Å². The SMILES string of the molecule is C=CC(=O)Nc1cccc(CC(=O)NC(C(=O)N2CCOCC2)C(C)C)c1. The summed E-state index contributed by atoms with van der Waals surface area (Å²) in [7, 11) is 0. The van der Waals surface area contributed by atoms with Crippen LogP contribution in [0.25, 0.3) is 0 Å². The third-order valence-corrected chi connectivity index (χ3v) is 4.32. The minimum Gasteiger partial charge on any atom is -0.378 e. The summed E-state index contributed by atoms with van der Waals surface area (Å²) in [5.74, 6) is -0.647.